The Hall–Kier alpha value is -1.71. The standard InChI is InChI=1S/C15H25N3O/c1-15(2,3)10-12-18(11-9-14(16)17-19)13-7-5-4-6-8-13/h4-8,19H,9-12H2,1-3H3,(H2,16,17). The molecule has 3 N–H and O–H groups in total. The van der Waals surface area contributed by atoms with Gasteiger partial charge in [0.1, 0.15) is 5.84 Å². The van der Waals surface area contributed by atoms with E-state index in [1.165, 1.54) is 5.69 Å². The van der Waals surface area contributed by atoms with Crippen LogP contribution in [-0.4, -0.2) is 24.1 Å². The van der Waals surface area contributed by atoms with Gasteiger partial charge in [0.25, 0.3) is 0 Å². The average molecular weight is 263 g/mol. The van der Waals surface area contributed by atoms with Crippen molar-refractivity contribution < 1.29 is 5.21 Å². The normalized spacial score (nSPS) is 12.5. The third kappa shape index (κ3) is 6.13. The lowest BCUT2D eigenvalue weighted by Gasteiger charge is -2.28. The van der Waals surface area contributed by atoms with E-state index in [-0.39, 0.29) is 5.84 Å². The summed E-state index contributed by atoms with van der Waals surface area (Å²) in [6.45, 7) is 8.43. The van der Waals surface area contributed by atoms with Crippen molar-refractivity contribution in [3.8, 4) is 0 Å². The maximum Gasteiger partial charge on any atom is 0.140 e. The third-order valence-electron chi connectivity index (χ3n) is 3.02. The van der Waals surface area contributed by atoms with Gasteiger partial charge < -0.3 is 15.8 Å². The topological polar surface area (TPSA) is 61.8 Å². The Morgan fingerprint density at radius 2 is 1.84 bits per heavy atom. The molecule has 1 rings (SSSR count). The predicted molar refractivity (Wildman–Crippen MR) is 80.8 cm³/mol. The smallest absolute Gasteiger partial charge is 0.140 e. The Morgan fingerprint density at radius 1 is 1.21 bits per heavy atom. The molecule has 0 unspecified atom stereocenters. The molecule has 0 radical (unpaired) electrons. The van der Waals surface area contributed by atoms with E-state index >= 15 is 0 Å². The Morgan fingerprint density at radius 3 is 2.37 bits per heavy atom. The van der Waals surface area contributed by atoms with E-state index in [9.17, 15) is 0 Å². The molecule has 0 atom stereocenters. The van der Waals surface area contributed by atoms with Crippen LogP contribution in [0.3, 0.4) is 0 Å². The van der Waals surface area contributed by atoms with E-state index < -0.39 is 0 Å². The van der Waals surface area contributed by atoms with Crippen molar-refractivity contribution in [3.05, 3.63) is 30.3 Å². The van der Waals surface area contributed by atoms with Crippen molar-refractivity contribution in [2.75, 3.05) is 18.0 Å². The van der Waals surface area contributed by atoms with Crippen LogP contribution >= 0.6 is 0 Å². The summed E-state index contributed by atoms with van der Waals surface area (Å²) in [7, 11) is 0. The molecule has 1 aromatic rings. The number of oxime groups is 1. The Kier molecular flexibility index (Phi) is 5.67. The lowest BCUT2D eigenvalue weighted by molar-refractivity contribution is 0.316. The highest BCUT2D eigenvalue weighted by molar-refractivity contribution is 5.80. The van der Waals surface area contributed by atoms with Gasteiger partial charge in [0.05, 0.1) is 0 Å². The van der Waals surface area contributed by atoms with E-state index in [0.717, 1.165) is 19.5 Å². The SMILES string of the molecule is CC(C)(C)CCN(CCC(N)=NO)c1ccccc1. The summed E-state index contributed by atoms with van der Waals surface area (Å²) in [6.07, 6.45) is 1.66. The minimum Gasteiger partial charge on any atom is -0.409 e. The number of hydrogen-bond acceptors (Lipinski definition) is 3. The molecule has 0 fully saturated rings. The van der Waals surface area contributed by atoms with Crippen molar-refractivity contribution in [1.29, 1.82) is 0 Å². The van der Waals surface area contributed by atoms with Gasteiger partial charge in [-0.05, 0) is 24.0 Å². The second kappa shape index (κ2) is 7.02. The molecule has 0 saturated carbocycles. The fraction of sp³-hybridized carbons (Fsp3) is 0.533. The number of nitrogens with zero attached hydrogens (tertiary/aromatic N) is 2. The molecule has 0 aliphatic heterocycles. The Bertz CT molecular complexity index is 396. The fourth-order valence-corrected chi connectivity index (χ4v) is 1.78. The van der Waals surface area contributed by atoms with Gasteiger partial charge >= 0.3 is 0 Å². The maximum atomic E-state index is 8.62. The van der Waals surface area contributed by atoms with Crippen LogP contribution in [0.15, 0.2) is 35.5 Å². The molecule has 19 heavy (non-hydrogen) atoms. The third-order valence-corrected chi connectivity index (χ3v) is 3.02. The van der Waals surface area contributed by atoms with Crippen LogP contribution in [0.2, 0.25) is 0 Å². The van der Waals surface area contributed by atoms with Crippen LogP contribution in [0, 0.1) is 5.41 Å². The lowest BCUT2D eigenvalue weighted by atomic mass is 9.92. The predicted octanol–water partition coefficient (Wildman–Crippen LogP) is 3.07. The number of para-hydroxylation sites is 1. The molecule has 0 amide bonds. The van der Waals surface area contributed by atoms with E-state index in [2.05, 4.69) is 43.0 Å². The van der Waals surface area contributed by atoms with Gasteiger partial charge in [-0.25, -0.2) is 0 Å². The number of hydrogen-bond donors (Lipinski definition) is 2. The molecule has 0 aliphatic rings. The number of rotatable bonds is 6. The van der Waals surface area contributed by atoms with Gasteiger partial charge in [-0.1, -0.05) is 44.1 Å². The summed E-state index contributed by atoms with van der Waals surface area (Å²) in [5, 5.41) is 11.7. The highest BCUT2D eigenvalue weighted by Crippen LogP contribution is 2.22. The summed E-state index contributed by atoms with van der Waals surface area (Å²) in [5.74, 6) is 0.275. The van der Waals surface area contributed by atoms with Crippen molar-refractivity contribution in [1.82, 2.24) is 0 Å². The molecule has 0 spiro atoms. The molecule has 4 nitrogen and oxygen atoms in total. The van der Waals surface area contributed by atoms with Crippen LogP contribution in [0.5, 0.6) is 0 Å². The van der Waals surface area contributed by atoms with Crippen molar-refractivity contribution in [2.45, 2.75) is 33.6 Å². The second-order valence-corrected chi connectivity index (χ2v) is 5.97. The van der Waals surface area contributed by atoms with Crippen LogP contribution < -0.4 is 10.6 Å². The van der Waals surface area contributed by atoms with E-state index in [0.29, 0.717) is 11.8 Å². The highest BCUT2D eigenvalue weighted by Gasteiger charge is 2.14. The summed E-state index contributed by atoms with van der Waals surface area (Å²) in [6, 6.07) is 10.3. The minimum atomic E-state index is 0.275. The Balaban J connectivity index is 2.68. The maximum absolute atomic E-state index is 8.62. The number of anilines is 1. The van der Waals surface area contributed by atoms with Gasteiger partial charge in [0.2, 0.25) is 0 Å². The monoisotopic (exact) mass is 263 g/mol. The first-order valence-corrected chi connectivity index (χ1v) is 6.69. The summed E-state index contributed by atoms with van der Waals surface area (Å²) in [5.41, 5.74) is 7.03. The van der Waals surface area contributed by atoms with Crippen LogP contribution in [0.4, 0.5) is 5.69 Å². The molecule has 1 aromatic carbocycles. The molecule has 0 saturated heterocycles. The van der Waals surface area contributed by atoms with Crippen LogP contribution in [0.25, 0.3) is 0 Å². The van der Waals surface area contributed by atoms with Gasteiger partial charge in [0.15, 0.2) is 0 Å². The average Bonchev–Trinajstić information content (AvgIpc) is 2.38. The first-order chi connectivity index (χ1) is 8.92. The number of nitrogens with two attached hydrogens (primary N) is 1. The fourth-order valence-electron chi connectivity index (χ4n) is 1.78. The van der Waals surface area contributed by atoms with E-state index in [1.54, 1.807) is 0 Å². The summed E-state index contributed by atoms with van der Waals surface area (Å²) < 4.78 is 0. The molecule has 0 aromatic heterocycles. The molecule has 4 heteroatoms. The Labute approximate surface area is 115 Å². The lowest BCUT2D eigenvalue weighted by Crippen LogP contribution is -2.31. The molecular formula is C15H25N3O. The van der Waals surface area contributed by atoms with Crippen LogP contribution in [-0.2, 0) is 0 Å². The minimum absolute atomic E-state index is 0.275. The first kappa shape index (κ1) is 15.3. The van der Waals surface area contributed by atoms with Crippen LogP contribution in [0.1, 0.15) is 33.6 Å². The van der Waals surface area contributed by atoms with E-state index in [1.807, 2.05) is 18.2 Å². The summed E-state index contributed by atoms with van der Waals surface area (Å²) in [4.78, 5) is 2.28. The zero-order valence-electron chi connectivity index (χ0n) is 12.1. The van der Waals surface area contributed by atoms with Crippen molar-refractivity contribution in [2.24, 2.45) is 16.3 Å². The second-order valence-electron chi connectivity index (χ2n) is 5.97. The summed E-state index contributed by atoms with van der Waals surface area (Å²) >= 11 is 0. The quantitative estimate of drug-likeness (QED) is 0.359. The van der Waals surface area contributed by atoms with Gasteiger partial charge in [0, 0.05) is 25.2 Å². The van der Waals surface area contributed by atoms with E-state index in [4.69, 9.17) is 10.9 Å². The van der Waals surface area contributed by atoms with Gasteiger partial charge in [-0.15, -0.1) is 0 Å². The number of benzene rings is 1. The van der Waals surface area contributed by atoms with Crippen molar-refractivity contribution in [3.63, 3.8) is 0 Å². The molecular weight excluding hydrogens is 238 g/mol. The molecule has 106 valence electrons. The molecule has 0 aliphatic carbocycles. The largest absolute Gasteiger partial charge is 0.409 e. The van der Waals surface area contributed by atoms with Gasteiger partial charge in [-0.3, -0.25) is 0 Å². The number of amidine groups is 1. The molecule has 0 heterocycles. The van der Waals surface area contributed by atoms with Crippen molar-refractivity contribution >= 4 is 11.5 Å². The zero-order chi connectivity index (χ0) is 14.3. The highest BCUT2D eigenvalue weighted by atomic mass is 16.4. The zero-order valence-corrected chi connectivity index (χ0v) is 12.1. The first-order valence-electron chi connectivity index (χ1n) is 6.69. The van der Waals surface area contributed by atoms with Gasteiger partial charge in [-0.2, -0.15) is 0 Å². The molecule has 0 bridgehead atoms.